The number of carboxylic acid groups (broad SMARTS) is 1. The third-order valence-electron chi connectivity index (χ3n) is 4.12. The highest BCUT2D eigenvalue weighted by molar-refractivity contribution is 5.98. The second kappa shape index (κ2) is 6.24. The highest BCUT2D eigenvalue weighted by Gasteiger charge is 2.26. The molecule has 2 aromatic rings. The Balaban J connectivity index is 2.34. The lowest BCUT2D eigenvalue weighted by atomic mass is 10.0. The van der Waals surface area contributed by atoms with E-state index in [0.29, 0.717) is 22.5 Å². The molecule has 1 amide bonds. The molecule has 0 bridgehead atoms. The van der Waals surface area contributed by atoms with Gasteiger partial charge in [-0.25, -0.2) is 4.79 Å². The molecular formula is C17H21N3O3. The quantitative estimate of drug-likeness (QED) is 0.906. The Bertz CT molecular complexity index is 778. The molecule has 6 heteroatoms. The van der Waals surface area contributed by atoms with Gasteiger partial charge in [-0.3, -0.25) is 9.48 Å². The Labute approximate surface area is 135 Å². The van der Waals surface area contributed by atoms with Crippen molar-refractivity contribution in [2.45, 2.75) is 33.7 Å². The minimum Gasteiger partial charge on any atom is -0.479 e. The SMILES string of the molecule is Cc1ccc(C(NC(=O)c2c(C)nn(C)c2C)C(=O)O)cc1C. The summed E-state index contributed by atoms with van der Waals surface area (Å²) in [4.78, 5) is 24.1. The number of carbonyl (C=O) groups is 2. The first-order valence-corrected chi connectivity index (χ1v) is 7.33. The number of benzene rings is 1. The van der Waals surface area contributed by atoms with Gasteiger partial charge in [0.1, 0.15) is 0 Å². The van der Waals surface area contributed by atoms with Crippen molar-refractivity contribution in [1.29, 1.82) is 0 Å². The molecular weight excluding hydrogens is 294 g/mol. The first kappa shape index (κ1) is 16.7. The summed E-state index contributed by atoms with van der Waals surface area (Å²) in [6.45, 7) is 7.37. The number of nitrogens with one attached hydrogen (secondary N) is 1. The van der Waals surface area contributed by atoms with Crippen LogP contribution in [0.25, 0.3) is 0 Å². The van der Waals surface area contributed by atoms with Gasteiger partial charge >= 0.3 is 5.97 Å². The lowest BCUT2D eigenvalue weighted by molar-refractivity contribution is -0.139. The van der Waals surface area contributed by atoms with Gasteiger partial charge in [0, 0.05) is 12.7 Å². The molecule has 122 valence electrons. The second-order valence-electron chi connectivity index (χ2n) is 5.76. The molecule has 1 heterocycles. The summed E-state index contributed by atoms with van der Waals surface area (Å²) in [6, 6.07) is 4.27. The van der Waals surface area contributed by atoms with E-state index in [0.717, 1.165) is 11.1 Å². The van der Waals surface area contributed by atoms with E-state index in [4.69, 9.17) is 0 Å². The zero-order chi connectivity index (χ0) is 17.3. The van der Waals surface area contributed by atoms with Crippen LogP contribution in [0.2, 0.25) is 0 Å². The maximum atomic E-state index is 12.5. The standard InChI is InChI=1S/C17H21N3O3/c1-9-6-7-13(8-10(9)2)15(17(22)23)18-16(21)14-11(3)19-20(5)12(14)4/h6-8,15H,1-5H3,(H,18,21)(H,22,23). The summed E-state index contributed by atoms with van der Waals surface area (Å²) in [5.41, 5.74) is 4.30. The fraction of sp³-hybridized carbons (Fsp3) is 0.353. The van der Waals surface area contributed by atoms with Gasteiger partial charge in [0.15, 0.2) is 6.04 Å². The van der Waals surface area contributed by atoms with Gasteiger partial charge in [-0.15, -0.1) is 0 Å². The van der Waals surface area contributed by atoms with Crippen LogP contribution in [-0.2, 0) is 11.8 Å². The van der Waals surface area contributed by atoms with E-state index in [2.05, 4.69) is 10.4 Å². The van der Waals surface area contributed by atoms with Gasteiger partial charge in [-0.1, -0.05) is 18.2 Å². The van der Waals surface area contributed by atoms with Crippen molar-refractivity contribution in [2.75, 3.05) is 0 Å². The minimum absolute atomic E-state index is 0.419. The molecule has 2 N–H and O–H groups in total. The van der Waals surface area contributed by atoms with Gasteiger partial charge in [0.25, 0.3) is 5.91 Å². The summed E-state index contributed by atoms with van der Waals surface area (Å²) in [7, 11) is 1.75. The number of aromatic nitrogens is 2. The topological polar surface area (TPSA) is 84.2 Å². The maximum Gasteiger partial charge on any atom is 0.330 e. The minimum atomic E-state index is -1.10. The smallest absolute Gasteiger partial charge is 0.330 e. The van der Waals surface area contributed by atoms with Crippen LogP contribution in [0.4, 0.5) is 0 Å². The summed E-state index contributed by atoms with van der Waals surface area (Å²) in [5.74, 6) is -1.53. The predicted molar refractivity (Wildman–Crippen MR) is 86.4 cm³/mol. The van der Waals surface area contributed by atoms with Crippen LogP contribution in [0.5, 0.6) is 0 Å². The number of nitrogens with zero attached hydrogens (tertiary/aromatic N) is 2. The fourth-order valence-electron chi connectivity index (χ4n) is 2.54. The van der Waals surface area contributed by atoms with E-state index in [1.165, 1.54) is 0 Å². The van der Waals surface area contributed by atoms with Crippen molar-refractivity contribution >= 4 is 11.9 Å². The molecule has 0 aliphatic rings. The number of carbonyl (C=O) groups excluding carboxylic acids is 1. The highest BCUT2D eigenvalue weighted by atomic mass is 16.4. The van der Waals surface area contributed by atoms with E-state index in [9.17, 15) is 14.7 Å². The Hall–Kier alpha value is -2.63. The zero-order valence-corrected chi connectivity index (χ0v) is 14.0. The molecule has 0 spiro atoms. The molecule has 0 saturated heterocycles. The van der Waals surface area contributed by atoms with Crippen LogP contribution in [0.15, 0.2) is 18.2 Å². The van der Waals surface area contributed by atoms with Crippen LogP contribution in [0.1, 0.15) is 44.5 Å². The Morgan fingerprint density at radius 1 is 1.17 bits per heavy atom. The Kier molecular flexibility index (Phi) is 4.54. The number of amides is 1. The van der Waals surface area contributed by atoms with Crippen molar-refractivity contribution in [3.8, 4) is 0 Å². The lowest BCUT2D eigenvalue weighted by Gasteiger charge is -2.16. The van der Waals surface area contributed by atoms with E-state index in [1.807, 2.05) is 19.9 Å². The first-order chi connectivity index (χ1) is 10.7. The van der Waals surface area contributed by atoms with Crippen molar-refractivity contribution in [1.82, 2.24) is 15.1 Å². The van der Waals surface area contributed by atoms with Gasteiger partial charge in [-0.2, -0.15) is 5.10 Å². The second-order valence-corrected chi connectivity index (χ2v) is 5.76. The van der Waals surface area contributed by atoms with Crippen molar-refractivity contribution in [2.24, 2.45) is 7.05 Å². The average Bonchev–Trinajstić information content (AvgIpc) is 2.72. The number of aryl methyl sites for hydroxylation is 4. The van der Waals surface area contributed by atoms with Crippen molar-refractivity contribution in [3.63, 3.8) is 0 Å². The molecule has 1 unspecified atom stereocenters. The molecule has 0 radical (unpaired) electrons. The highest BCUT2D eigenvalue weighted by Crippen LogP contribution is 2.19. The molecule has 0 fully saturated rings. The lowest BCUT2D eigenvalue weighted by Crippen LogP contribution is -2.34. The normalized spacial score (nSPS) is 12.0. The monoisotopic (exact) mass is 315 g/mol. The summed E-state index contributed by atoms with van der Waals surface area (Å²) in [6.07, 6.45) is 0. The number of rotatable bonds is 4. The maximum absolute atomic E-state index is 12.5. The first-order valence-electron chi connectivity index (χ1n) is 7.33. The fourth-order valence-corrected chi connectivity index (χ4v) is 2.54. The summed E-state index contributed by atoms with van der Waals surface area (Å²) in [5, 5.41) is 16.3. The number of hydrogen-bond donors (Lipinski definition) is 2. The summed E-state index contributed by atoms with van der Waals surface area (Å²) < 4.78 is 1.61. The van der Waals surface area contributed by atoms with Gasteiger partial charge in [0.2, 0.25) is 0 Å². The Morgan fingerprint density at radius 2 is 1.83 bits per heavy atom. The van der Waals surface area contributed by atoms with E-state index < -0.39 is 17.9 Å². The molecule has 0 saturated carbocycles. The summed E-state index contributed by atoms with van der Waals surface area (Å²) >= 11 is 0. The molecule has 23 heavy (non-hydrogen) atoms. The molecule has 1 aromatic heterocycles. The molecule has 0 aliphatic carbocycles. The predicted octanol–water partition coefficient (Wildman–Crippen LogP) is 2.21. The molecule has 1 atom stereocenters. The molecule has 2 rings (SSSR count). The van der Waals surface area contributed by atoms with Crippen LogP contribution in [0, 0.1) is 27.7 Å². The Morgan fingerprint density at radius 3 is 2.30 bits per heavy atom. The van der Waals surface area contributed by atoms with Gasteiger partial charge < -0.3 is 10.4 Å². The molecule has 1 aromatic carbocycles. The van der Waals surface area contributed by atoms with Gasteiger partial charge in [0.05, 0.1) is 11.3 Å². The van der Waals surface area contributed by atoms with E-state index in [1.54, 1.807) is 37.7 Å². The third kappa shape index (κ3) is 3.26. The zero-order valence-electron chi connectivity index (χ0n) is 14.0. The average molecular weight is 315 g/mol. The van der Waals surface area contributed by atoms with Gasteiger partial charge in [-0.05, 0) is 44.4 Å². The van der Waals surface area contributed by atoms with Crippen LogP contribution >= 0.6 is 0 Å². The van der Waals surface area contributed by atoms with E-state index in [-0.39, 0.29) is 0 Å². The number of carboxylic acids is 1. The third-order valence-corrected chi connectivity index (χ3v) is 4.12. The largest absolute Gasteiger partial charge is 0.479 e. The number of hydrogen-bond acceptors (Lipinski definition) is 3. The van der Waals surface area contributed by atoms with Crippen LogP contribution in [-0.4, -0.2) is 26.8 Å². The molecule has 6 nitrogen and oxygen atoms in total. The van der Waals surface area contributed by atoms with Crippen molar-refractivity contribution in [3.05, 3.63) is 51.8 Å². The van der Waals surface area contributed by atoms with Crippen LogP contribution in [0.3, 0.4) is 0 Å². The van der Waals surface area contributed by atoms with Crippen LogP contribution < -0.4 is 5.32 Å². The number of aliphatic carboxylic acids is 1. The van der Waals surface area contributed by atoms with E-state index >= 15 is 0 Å². The molecule has 0 aliphatic heterocycles. The van der Waals surface area contributed by atoms with Crippen molar-refractivity contribution < 1.29 is 14.7 Å².